The highest BCUT2D eigenvalue weighted by Gasteiger charge is 2.03. The van der Waals surface area contributed by atoms with Crippen LogP contribution in [0.25, 0.3) is 11.3 Å². The molecule has 0 fully saturated rings. The zero-order valence-electron chi connectivity index (χ0n) is 11.6. The van der Waals surface area contributed by atoms with E-state index < -0.39 is 0 Å². The van der Waals surface area contributed by atoms with Gasteiger partial charge < -0.3 is 14.5 Å². The molecule has 2 aromatic heterocycles. The van der Waals surface area contributed by atoms with Gasteiger partial charge in [-0.2, -0.15) is 0 Å². The number of methoxy groups -OCH3 is 1. The summed E-state index contributed by atoms with van der Waals surface area (Å²) in [6, 6.07) is 13.7. The summed E-state index contributed by atoms with van der Waals surface area (Å²) in [5.41, 5.74) is 2.89. The lowest BCUT2D eigenvalue weighted by molar-refractivity contribution is 0.396. The van der Waals surface area contributed by atoms with E-state index in [-0.39, 0.29) is 0 Å². The number of aromatic nitrogens is 2. The predicted molar refractivity (Wildman–Crippen MR) is 80.1 cm³/mol. The third-order valence-corrected chi connectivity index (χ3v) is 3.04. The molecule has 0 spiro atoms. The largest absolute Gasteiger partial charge is 0.481 e. The molecule has 5 heteroatoms. The Morgan fingerprint density at radius 2 is 2.10 bits per heavy atom. The van der Waals surface area contributed by atoms with Crippen LogP contribution in [0.1, 0.15) is 5.69 Å². The van der Waals surface area contributed by atoms with Crippen molar-refractivity contribution in [3.05, 3.63) is 60.7 Å². The number of benzene rings is 1. The molecule has 5 nitrogen and oxygen atoms in total. The van der Waals surface area contributed by atoms with Gasteiger partial charge in [0.2, 0.25) is 5.88 Å². The van der Waals surface area contributed by atoms with Crippen LogP contribution in [0.2, 0.25) is 0 Å². The second-order valence-corrected chi connectivity index (χ2v) is 4.47. The van der Waals surface area contributed by atoms with Gasteiger partial charge in [-0.3, -0.25) is 0 Å². The van der Waals surface area contributed by atoms with Gasteiger partial charge in [-0.1, -0.05) is 18.2 Å². The summed E-state index contributed by atoms with van der Waals surface area (Å²) in [6.07, 6.45) is 3.12. The standard InChI is InChI=1S/C16H15N3O2/c1-20-16-7-3-6-14(19-16)9-18-13-5-2-4-12(8-13)15-10-17-11-21-15/h2-8,10-11,18H,9H2,1H3. The molecule has 0 bridgehead atoms. The first-order chi connectivity index (χ1) is 10.3. The number of nitrogens with zero attached hydrogens (tertiary/aromatic N) is 2. The minimum atomic E-state index is 0.615. The molecule has 106 valence electrons. The van der Waals surface area contributed by atoms with E-state index in [1.54, 1.807) is 13.3 Å². The van der Waals surface area contributed by atoms with Crippen LogP contribution in [0.5, 0.6) is 5.88 Å². The number of hydrogen-bond acceptors (Lipinski definition) is 5. The van der Waals surface area contributed by atoms with Crippen LogP contribution >= 0.6 is 0 Å². The maximum Gasteiger partial charge on any atom is 0.213 e. The van der Waals surface area contributed by atoms with Crippen molar-refractivity contribution < 1.29 is 9.15 Å². The summed E-state index contributed by atoms with van der Waals surface area (Å²) < 4.78 is 10.4. The highest BCUT2D eigenvalue weighted by Crippen LogP contribution is 2.22. The topological polar surface area (TPSA) is 60.2 Å². The Morgan fingerprint density at radius 3 is 2.90 bits per heavy atom. The van der Waals surface area contributed by atoms with Crippen LogP contribution in [0.4, 0.5) is 5.69 Å². The minimum absolute atomic E-state index is 0.615. The van der Waals surface area contributed by atoms with Gasteiger partial charge in [0.05, 0.1) is 25.5 Å². The fraction of sp³-hybridized carbons (Fsp3) is 0.125. The van der Waals surface area contributed by atoms with E-state index in [9.17, 15) is 0 Å². The van der Waals surface area contributed by atoms with E-state index in [0.717, 1.165) is 22.7 Å². The monoisotopic (exact) mass is 281 g/mol. The van der Waals surface area contributed by atoms with Crippen molar-refractivity contribution in [2.75, 3.05) is 12.4 Å². The van der Waals surface area contributed by atoms with E-state index >= 15 is 0 Å². The van der Waals surface area contributed by atoms with Crippen molar-refractivity contribution >= 4 is 5.69 Å². The Hall–Kier alpha value is -2.82. The van der Waals surface area contributed by atoms with Crippen molar-refractivity contribution in [1.82, 2.24) is 9.97 Å². The van der Waals surface area contributed by atoms with E-state index in [1.807, 2.05) is 42.5 Å². The Kier molecular flexibility index (Phi) is 3.82. The molecule has 0 saturated heterocycles. The first-order valence-electron chi connectivity index (χ1n) is 6.58. The predicted octanol–water partition coefficient (Wildman–Crippen LogP) is 3.36. The average molecular weight is 281 g/mol. The van der Waals surface area contributed by atoms with Crippen molar-refractivity contribution in [3.63, 3.8) is 0 Å². The van der Waals surface area contributed by atoms with Gasteiger partial charge in [-0.05, 0) is 18.2 Å². The number of ether oxygens (including phenoxy) is 1. The summed E-state index contributed by atoms with van der Waals surface area (Å²) in [7, 11) is 1.61. The minimum Gasteiger partial charge on any atom is -0.481 e. The fourth-order valence-electron chi connectivity index (χ4n) is 2.00. The van der Waals surface area contributed by atoms with E-state index in [0.29, 0.717) is 12.4 Å². The quantitative estimate of drug-likeness (QED) is 0.777. The van der Waals surface area contributed by atoms with Crippen LogP contribution in [-0.2, 0) is 6.54 Å². The van der Waals surface area contributed by atoms with Crippen LogP contribution in [0.15, 0.2) is 59.5 Å². The lowest BCUT2D eigenvalue weighted by Crippen LogP contribution is -2.02. The van der Waals surface area contributed by atoms with Gasteiger partial charge in [0.1, 0.15) is 0 Å². The third-order valence-electron chi connectivity index (χ3n) is 3.04. The Labute approximate surface area is 122 Å². The van der Waals surface area contributed by atoms with Gasteiger partial charge in [-0.25, -0.2) is 9.97 Å². The smallest absolute Gasteiger partial charge is 0.213 e. The molecule has 0 aliphatic carbocycles. The van der Waals surface area contributed by atoms with Crippen molar-refractivity contribution in [2.24, 2.45) is 0 Å². The molecule has 0 unspecified atom stereocenters. The zero-order chi connectivity index (χ0) is 14.5. The van der Waals surface area contributed by atoms with Crippen LogP contribution < -0.4 is 10.1 Å². The molecule has 0 saturated carbocycles. The van der Waals surface area contributed by atoms with Gasteiger partial charge in [-0.15, -0.1) is 0 Å². The molecule has 0 aliphatic rings. The van der Waals surface area contributed by atoms with E-state index in [2.05, 4.69) is 15.3 Å². The number of rotatable bonds is 5. The molecule has 3 rings (SSSR count). The first kappa shape index (κ1) is 13.2. The normalized spacial score (nSPS) is 10.3. The van der Waals surface area contributed by atoms with Crippen LogP contribution in [-0.4, -0.2) is 17.1 Å². The summed E-state index contributed by atoms with van der Waals surface area (Å²) in [5, 5.41) is 3.33. The summed E-state index contributed by atoms with van der Waals surface area (Å²) >= 11 is 0. The molecule has 2 heterocycles. The molecule has 0 radical (unpaired) electrons. The Balaban J connectivity index is 1.72. The van der Waals surface area contributed by atoms with Crippen molar-refractivity contribution in [1.29, 1.82) is 0 Å². The first-order valence-corrected chi connectivity index (χ1v) is 6.58. The third kappa shape index (κ3) is 3.20. The number of nitrogens with one attached hydrogen (secondary N) is 1. The van der Waals surface area contributed by atoms with Crippen molar-refractivity contribution in [3.8, 4) is 17.2 Å². The number of anilines is 1. The average Bonchev–Trinajstić information content (AvgIpc) is 3.08. The fourth-order valence-corrected chi connectivity index (χ4v) is 2.00. The van der Waals surface area contributed by atoms with Gasteiger partial charge in [0.25, 0.3) is 0 Å². The second kappa shape index (κ2) is 6.09. The highest BCUT2D eigenvalue weighted by atomic mass is 16.5. The summed E-state index contributed by atoms with van der Waals surface area (Å²) in [5.74, 6) is 1.36. The molecule has 1 aromatic carbocycles. The molecule has 0 amide bonds. The number of hydrogen-bond donors (Lipinski definition) is 1. The van der Waals surface area contributed by atoms with E-state index in [1.165, 1.54) is 6.39 Å². The highest BCUT2D eigenvalue weighted by molar-refractivity contribution is 5.63. The van der Waals surface area contributed by atoms with Crippen molar-refractivity contribution in [2.45, 2.75) is 6.54 Å². The zero-order valence-corrected chi connectivity index (χ0v) is 11.6. The summed E-state index contributed by atoms with van der Waals surface area (Å²) in [6.45, 7) is 0.622. The molecular formula is C16H15N3O2. The Morgan fingerprint density at radius 1 is 1.19 bits per heavy atom. The van der Waals surface area contributed by atoms with Gasteiger partial charge in [0.15, 0.2) is 12.2 Å². The summed E-state index contributed by atoms with van der Waals surface area (Å²) in [4.78, 5) is 8.30. The van der Waals surface area contributed by atoms with Crippen LogP contribution in [0, 0.1) is 0 Å². The molecule has 0 atom stereocenters. The molecule has 0 aliphatic heterocycles. The SMILES string of the molecule is COc1cccc(CNc2cccc(-c3cnco3)c2)n1. The Bertz CT molecular complexity index is 711. The van der Waals surface area contributed by atoms with E-state index in [4.69, 9.17) is 9.15 Å². The lowest BCUT2D eigenvalue weighted by Gasteiger charge is -2.08. The molecular weight excluding hydrogens is 266 g/mol. The van der Waals surface area contributed by atoms with Gasteiger partial charge >= 0.3 is 0 Å². The number of pyridine rings is 1. The lowest BCUT2D eigenvalue weighted by atomic mass is 10.1. The maximum atomic E-state index is 5.30. The molecule has 21 heavy (non-hydrogen) atoms. The molecule has 3 aromatic rings. The second-order valence-electron chi connectivity index (χ2n) is 4.47. The number of oxazole rings is 1. The maximum absolute atomic E-state index is 5.30. The van der Waals surface area contributed by atoms with Gasteiger partial charge in [0, 0.05) is 17.3 Å². The molecule has 1 N–H and O–H groups in total. The van der Waals surface area contributed by atoms with Crippen LogP contribution in [0.3, 0.4) is 0 Å².